The van der Waals surface area contributed by atoms with E-state index in [4.69, 9.17) is 10.5 Å². The number of anilines is 1. The van der Waals surface area contributed by atoms with E-state index in [0.29, 0.717) is 5.69 Å². The number of ether oxygens (including phenoxy) is 1. The quantitative estimate of drug-likeness (QED) is 0.785. The van der Waals surface area contributed by atoms with E-state index in [0.717, 1.165) is 6.26 Å². The van der Waals surface area contributed by atoms with Crippen LogP contribution >= 0.6 is 0 Å². The molecule has 7 heteroatoms. The summed E-state index contributed by atoms with van der Waals surface area (Å²) in [5, 5.41) is 2.59. The van der Waals surface area contributed by atoms with E-state index in [1.807, 2.05) is 0 Å². The minimum Gasteiger partial charge on any atom is -0.494 e. The summed E-state index contributed by atoms with van der Waals surface area (Å²) in [5.41, 5.74) is 6.34. The van der Waals surface area contributed by atoms with E-state index in [9.17, 15) is 13.2 Å². The van der Waals surface area contributed by atoms with Crippen LogP contribution in [0.15, 0.2) is 18.2 Å². The number of hydrogen-bond donors (Lipinski definition) is 2. The fraction of sp³-hybridized carbons (Fsp3) is 0.462. The molecule has 1 aromatic carbocycles. The molecule has 0 atom stereocenters. The molecule has 0 fully saturated rings. The molecule has 0 unspecified atom stereocenters. The van der Waals surface area contributed by atoms with Crippen molar-refractivity contribution in [1.82, 2.24) is 5.32 Å². The Kier molecular flexibility index (Phi) is 4.65. The number of para-hydroxylation sites is 1. The van der Waals surface area contributed by atoms with Crippen molar-refractivity contribution in [2.24, 2.45) is 0 Å². The molecular formula is C13H20N2O4S. The molecule has 3 N–H and O–H groups in total. The molecule has 0 aliphatic rings. The van der Waals surface area contributed by atoms with Gasteiger partial charge in [0.2, 0.25) is 0 Å². The maximum absolute atomic E-state index is 12.1. The van der Waals surface area contributed by atoms with Crippen molar-refractivity contribution in [3.8, 4) is 5.75 Å². The van der Waals surface area contributed by atoms with Crippen LogP contribution in [0.4, 0.5) is 5.69 Å². The molecule has 112 valence electrons. The number of carbonyl (C=O) groups is 1. The third-order valence-electron chi connectivity index (χ3n) is 3.17. The Morgan fingerprint density at radius 1 is 1.40 bits per heavy atom. The first kappa shape index (κ1) is 16.3. The SMILES string of the molecule is COc1c(N)cccc1C(=O)NCC(C)(C)S(C)(=O)=O. The summed E-state index contributed by atoms with van der Waals surface area (Å²) in [5.74, 6) is -0.145. The fourth-order valence-corrected chi connectivity index (χ4v) is 1.82. The molecule has 1 rings (SSSR count). The maximum Gasteiger partial charge on any atom is 0.255 e. The van der Waals surface area contributed by atoms with Crippen LogP contribution in [0.1, 0.15) is 24.2 Å². The molecule has 0 saturated carbocycles. The van der Waals surface area contributed by atoms with Gasteiger partial charge in [-0.3, -0.25) is 4.79 Å². The van der Waals surface area contributed by atoms with Gasteiger partial charge in [0.15, 0.2) is 15.6 Å². The number of amides is 1. The Labute approximate surface area is 119 Å². The van der Waals surface area contributed by atoms with Gasteiger partial charge in [0.1, 0.15) is 0 Å². The van der Waals surface area contributed by atoms with Crippen molar-refractivity contribution in [3.63, 3.8) is 0 Å². The summed E-state index contributed by atoms with van der Waals surface area (Å²) in [7, 11) is -1.86. The van der Waals surface area contributed by atoms with Crippen LogP contribution in [0.2, 0.25) is 0 Å². The second-order valence-electron chi connectivity index (χ2n) is 5.14. The Balaban J connectivity index is 2.92. The zero-order chi connectivity index (χ0) is 15.6. The van der Waals surface area contributed by atoms with Gasteiger partial charge in [-0.25, -0.2) is 8.42 Å². The number of carbonyl (C=O) groups excluding carboxylic acids is 1. The van der Waals surface area contributed by atoms with Crippen LogP contribution in [0.25, 0.3) is 0 Å². The Morgan fingerprint density at radius 2 is 2.00 bits per heavy atom. The first-order chi connectivity index (χ1) is 9.10. The Bertz CT molecular complexity index is 609. The Morgan fingerprint density at radius 3 is 2.50 bits per heavy atom. The molecule has 0 radical (unpaired) electrons. The Hall–Kier alpha value is -1.76. The molecule has 6 nitrogen and oxygen atoms in total. The molecule has 20 heavy (non-hydrogen) atoms. The molecule has 0 saturated heterocycles. The first-order valence-electron chi connectivity index (χ1n) is 6.00. The molecule has 0 aliphatic carbocycles. The summed E-state index contributed by atoms with van der Waals surface area (Å²) in [6.07, 6.45) is 1.14. The topological polar surface area (TPSA) is 98.5 Å². The number of nitrogens with one attached hydrogen (secondary N) is 1. The highest BCUT2D eigenvalue weighted by Gasteiger charge is 2.31. The molecule has 0 bridgehead atoms. The normalized spacial score (nSPS) is 12.0. The number of rotatable bonds is 5. The van der Waals surface area contributed by atoms with Crippen LogP contribution in [0.5, 0.6) is 5.75 Å². The fourth-order valence-electron chi connectivity index (χ4n) is 1.48. The molecule has 1 amide bonds. The number of nitrogen functional groups attached to an aromatic ring is 1. The highest BCUT2D eigenvalue weighted by atomic mass is 32.2. The number of benzene rings is 1. The largest absolute Gasteiger partial charge is 0.494 e. The summed E-state index contributed by atoms with van der Waals surface area (Å²) in [6.45, 7) is 3.11. The van der Waals surface area contributed by atoms with Crippen molar-refractivity contribution < 1.29 is 17.9 Å². The van der Waals surface area contributed by atoms with Gasteiger partial charge in [0.05, 0.1) is 23.1 Å². The molecule has 1 aromatic rings. The van der Waals surface area contributed by atoms with E-state index >= 15 is 0 Å². The van der Waals surface area contributed by atoms with E-state index in [-0.39, 0.29) is 17.9 Å². The number of sulfone groups is 1. The lowest BCUT2D eigenvalue weighted by atomic mass is 10.1. The predicted octanol–water partition coefficient (Wildman–Crippen LogP) is 0.830. The highest BCUT2D eigenvalue weighted by molar-refractivity contribution is 7.92. The van der Waals surface area contributed by atoms with E-state index in [1.165, 1.54) is 7.11 Å². The monoisotopic (exact) mass is 300 g/mol. The lowest BCUT2D eigenvalue weighted by Crippen LogP contribution is -2.43. The van der Waals surface area contributed by atoms with E-state index in [2.05, 4.69) is 5.32 Å². The van der Waals surface area contributed by atoms with Crippen LogP contribution in [0.3, 0.4) is 0 Å². The second-order valence-corrected chi connectivity index (χ2v) is 7.79. The molecule has 0 aromatic heterocycles. The van der Waals surface area contributed by atoms with Gasteiger partial charge in [-0.1, -0.05) is 6.07 Å². The van der Waals surface area contributed by atoms with Crippen LogP contribution in [0, 0.1) is 0 Å². The van der Waals surface area contributed by atoms with Crippen LogP contribution < -0.4 is 15.8 Å². The average Bonchev–Trinajstić information content (AvgIpc) is 2.34. The third-order valence-corrected chi connectivity index (χ3v) is 5.32. The standard InChI is InChI=1S/C13H20N2O4S/c1-13(2,20(4,17)18)8-15-12(16)9-6-5-7-10(14)11(9)19-3/h5-7H,8,14H2,1-4H3,(H,15,16). The molecule has 0 heterocycles. The predicted molar refractivity (Wildman–Crippen MR) is 78.7 cm³/mol. The van der Waals surface area contributed by atoms with Gasteiger partial charge in [-0.15, -0.1) is 0 Å². The van der Waals surface area contributed by atoms with Gasteiger partial charge in [0.25, 0.3) is 5.91 Å². The summed E-state index contributed by atoms with van der Waals surface area (Å²) in [4.78, 5) is 12.1. The van der Waals surface area contributed by atoms with Gasteiger partial charge in [-0.2, -0.15) is 0 Å². The highest BCUT2D eigenvalue weighted by Crippen LogP contribution is 2.25. The number of nitrogens with two attached hydrogens (primary N) is 1. The molecule has 0 aliphatic heterocycles. The van der Waals surface area contributed by atoms with Crippen molar-refractivity contribution in [3.05, 3.63) is 23.8 Å². The van der Waals surface area contributed by atoms with E-state index < -0.39 is 20.5 Å². The number of methoxy groups -OCH3 is 1. The third kappa shape index (κ3) is 3.41. The molecule has 0 spiro atoms. The summed E-state index contributed by atoms with van der Waals surface area (Å²) >= 11 is 0. The zero-order valence-electron chi connectivity index (χ0n) is 12.1. The lowest BCUT2D eigenvalue weighted by Gasteiger charge is -2.23. The summed E-state index contributed by atoms with van der Waals surface area (Å²) in [6, 6.07) is 4.82. The van der Waals surface area contributed by atoms with Gasteiger partial charge < -0.3 is 15.8 Å². The van der Waals surface area contributed by atoms with Gasteiger partial charge in [-0.05, 0) is 26.0 Å². The van der Waals surface area contributed by atoms with Crippen molar-refractivity contribution >= 4 is 21.4 Å². The number of hydrogen-bond acceptors (Lipinski definition) is 5. The lowest BCUT2D eigenvalue weighted by molar-refractivity contribution is 0.0947. The average molecular weight is 300 g/mol. The van der Waals surface area contributed by atoms with Gasteiger partial charge >= 0.3 is 0 Å². The summed E-state index contributed by atoms with van der Waals surface area (Å²) < 4.78 is 27.2. The van der Waals surface area contributed by atoms with E-state index in [1.54, 1.807) is 32.0 Å². The van der Waals surface area contributed by atoms with Crippen molar-refractivity contribution in [2.45, 2.75) is 18.6 Å². The van der Waals surface area contributed by atoms with Crippen molar-refractivity contribution in [1.29, 1.82) is 0 Å². The zero-order valence-corrected chi connectivity index (χ0v) is 12.9. The minimum atomic E-state index is -3.27. The minimum absolute atomic E-state index is 0.00260. The molecular weight excluding hydrogens is 280 g/mol. The second kappa shape index (κ2) is 5.70. The first-order valence-corrected chi connectivity index (χ1v) is 7.89. The van der Waals surface area contributed by atoms with Crippen LogP contribution in [-0.4, -0.2) is 39.0 Å². The van der Waals surface area contributed by atoms with Crippen molar-refractivity contribution in [2.75, 3.05) is 25.6 Å². The van der Waals surface area contributed by atoms with Crippen LogP contribution in [-0.2, 0) is 9.84 Å². The maximum atomic E-state index is 12.1. The van der Waals surface area contributed by atoms with Gasteiger partial charge in [0, 0.05) is 12.8 Å². The smallest absolute Gasteiger partial charge is 0.255 e.